The van der Waals surface area contributed by atoms with Gasteiger partial charge in [0.2, 0.25) is 0 Å². The molecule has 2 rings (SSSR count). The van der Waals surface area contributed by atoms with E-state index < -0.39 is 0 Å². The Morgan fingerprint density at radius 1 is 1.67 bits per heavy atom. The zero-order valence-corrected chi connectivity index (χ0v) is 4.98. The molecule has 2 aliphatic rings. The molecule has 50 valence electrons. The molecule has 1 fully saturated rings. The molecule has 4 heteroatoms. The molecule has 1 unspecified atom stereocenters. The lowest BCUT2D eigenvalue weighted by Crippen LogP contribution is -2.34. The minimum absolute atomic E-state index is 0.0544. The first-order chi connectivity index (χ1) is 4.47. The molecule has 2 aliphatic heterocycles. The predicted molar refractivity (Wildman–Crippen MR) is 31.8 cm³/mol. The molecule has 3 N–H and O–H groups in total. The Bertz CT molecular complexity index is 145. The smallest absolute Gasteiger partial charge is 0.163 e. The van der Waals surface area contributed by atoms with Crippen molar-refractivity contribution in [2.24, 2.45) is 0 Å². The van der Waals surface area contributed by atoms with E-state index in [-0.39, 0.29) is 6.23 Å². The molecule has 0 aromatic rings. The molecule has 1 saturated heterocycles. The van der Waals surface area contributed by atoms with Crippen LogP contribution in [-0.4, -0.2) is 12.8 Å². The maximum Gasteiger partial charge on any atom is 0.163 e. The van der Waals surface area contributed by atoms with Crippen LogP contribution in [0.15, 0.2) is 11.8 Å². The SMILES string of the molecule is C1=C2NNNC2OCC1. The summed E-state index contributed by atoms with van der Waals surface area (Å²) in [4.78, 5) is 0. The van der Waals surface area contributed by atoms with E-state index in [9.17, 15) is 0 Å². The van der Waals surface area contributed by atoms with Gasteiger partial charge in [0.05, 0.1) is 12.3 Å². The van der Waals surface area contributed by atoms with Crippen molar-refractivity contribution in [1.82, 2.24) is 16.4 Å². The van der Waals surface area contributed by atoms with E-state index in [1.165, 1.54) is 0 Å². The minimum atomic E-state index is 0.0544. The third-order valence-electron chi connectivity index (χ3n) is 1.46. The lowest BCUT2D eigenvalue weighted by molar-refractivity contribution is 0.0559. The van der Waals surface area contributed by atoms with Gasteiger partial charge in [-0.25, -0.2) is 5.43 Å². The summed E-state index contributed by atoms with van der Waals surface area (Å²) in [6.45, 7) is 0.810. The second kappa shape index (κ2) is 1.98. The van der Waals surface area contributed by atoms with E-state index >= 15 is 0 Å². The van der Waals surface area contributed by atoms with Gasteiger partial charge in [-0.2, -0.15) is 5.53 Å². The Balaban J connectivity index is 2.16. The van der Waals surface area contributed by atoms with Crippen molar-refractivity contribution in [3.05, 3.63) is 11.8 Å². The lowest BCUT2D eigenvalue weighted by Gasteiger charge is -2.15. The Labute approximate surface area is 53.2 Å². The molecule has 0 amide bonds. The van der Waals surface area contributed by atoms with E-state index in [0.717, 1.165) is 18.7 Å². The van der Waals surface area contributed by atoms with Gasteiger partial charge in [0.1, 0.15) is 0 Å². The standard InChI is InChI=1S/C5H9N3O/c1-2-4-5(9-3-1)7-8-6-4/h2,5-8H,1,3H2. The van der Waals surface area contributed by atoms with Crippen LogP contribution in [-0.2, 0) is 4.74 Å². The third kappa shape index (κ3) is 0.808. The van der Waals surface area contributed by atoms with E-state index in [1.807, 2.05) is 0 Å². The van der Waals surface area contributed by atoms with Crippen LogP contribution < -0.4 is 16.4 Å². The maximum absolute atomic E-state index is 5.30. The number of fused-ring (bicyclic) bond motifs is 1. The maximum atomic E-state index is 5.30. The molecule has 0 aromatic carbocycles. The number of nitrogens with one attached hydrogen (secondary N) is 3. The number of ether oxygens (including phenoxy) is 1. The van der Waals surface area contributed by atoms with Crippen molar-refractivity contribution < 1.29 is 4.74 Å². The van der Waals surface area contributed by atoms with Crippen molar-refractivity contribution in [1.29, 1.82) is 0 Å². The fraction of sp³-hybridized carbons (Fsp3) is 0.600. The fourth-order valence-corrected chi connectivity index (χ4v) is 1.01. The summed E-state index contributed by atoms with van der Waals surface area (Å²) in [6, 6.07) is 0. The van der Waals surface area contributed by atoms with Gasteiger partial charge < -0.3 is 10.2 Å². The predicted octanol–water partition coefficient (Wildman–Crippen LogP) is -0.771. The van der Waals surface area contributed by atoms with Crippen LogP contribution in [0.3, 0.4) is 0 Å². The highest BCUT2D eigenvalue weighted by atomic mass is 16.5. The van der Waals surface area contributed by atoms with Gasteiger partial charge in [0.25, 0.3) is 0 Å². The molecule has 0 bridgehead atoms. The second-order valence-electron chi connectivity index (χ2n) is 2.09. The third-order valence-corrected chi connectivity index (χ3v) is 1.46. The summed E-state index contributed by atoms with van der Waals surface area (Å²) < 4.78 is 5.30. The highest BCUT2D eigenvalue weighted by molar-refractivity contribution is 5.09. The molecule has 0 aliphatic carbocycles. The Morgan fingerprint density at radius 3 is 3.56 bits per heavy atom. The Kier molecular flexibility index (Phi) is 1.15. The minimum Gasteiger partial charge on any atom is -0.356 e. The first-order valence-electron chi connectivity index (χ1n) is 3.05. The molecular weight excluding hydrogens is 118 g/mol. The van der Waals surface area contributed by atoms with Gasteiger partial charge in [-0.15, -0.1) is 0 Å². The van der Waals surface area contributed by atoms with Gasteiger partial charge in [0.15, 0.2) is 6.23 Å². The van der Waals surface area contributed by atoms with Gasteiger partial charge >= 0.3 is 0 Å². The van der Waals surface area contributed by atoms with E-state index in [4.69, 9.17) is 4.74 Å². The molecule has 0 radical (unpaired) electrons. The molecule has 4 nitrogen and oxygen atoms in total. The van der Waals surface area contributed by atoms with Crippen LogP contribution in [0.2, 0.25) is 0 Å². The average Bonchev–Trinajstić information content (AvgIpc) is 2.33. The molecule has 2 heterocycles. The molecule has 1 atom stereocenters. The van der Waals surface area contributed by atoms with Crippen molar-refractivity contribution in [3.63, 3.8) is 0 Å². The first kappa shape index (κ1) is 5.22. The Hall–Kier alpha value is -0.580. The van der Waals surface area contributed by atoms with Crippen LogP contribution >= 0.6 is 0 Å². The highest BCUT2D eigenvalue weighted by Gasteiger charge is 2.21. The molecular formula is C5H9N3O. The first-order valence-corrected chi connectivity index (χ1v) is 3.05. The molecule has 0 spiro atoms. The normalized spacial score (nSPS) is 32.9. The van der Waals surface area contributed by atoms with Crippen molar-refractivity contribution >= 4 is 0 Å². The van der Waals surface area contributed by atoms with Crippen molar-refractivity contribution in [2.75, 3.05) is 6.61 Å². The van der Waals surface area contributed by atoms with Crippen LogP contribution in [0.25, 0.3) is 0 Å². The van der Waals surface area contributed by atoms with Gasteiger partial charge in [-0.1, -0.05) is 6.08 Å². The summed E-state index contributed by atoms with van der Waals surface area (Å²) >= 11 is 0. The second-order valence-corrected chi connectivity index (χ2v) is 2.09. The van der Waals surface area contributed by atoms with E-state index in [0.29, 0.717) is 0 Å². The lowest BCUT2D eigenvalue weighted by atomic mass is 10.3. The molecule has 9 heavy (non-hydrogen) atoms. The summed E-state index contributed by atoms with van der Waals surface area (Å²) in [5, 5.41) is 0. The van der Waals surface area contributed by atoms with Gasteiger partial charge in [0, 0.05) is 0 Å². The quantitative estimate of drug-likeness (QED) is 0.400. The zero-order valence-electron chi connectivity index (χ0n) is 4.98. The zero-order chi connectivity index (χ0) is 6.10. The van der Waals surface area contributed by atoms with E-state index in [2.05, 4.69) is 22.5 Å². The Morgan fingerprint density at radius 2 is 2.67 bits per heavy atom. The molecule has 0 aromatic heterocycles. The van der Waals surface area contributed by atoms with Crippen molar-refractivity contribution in [3.8, 4) is 0 Å². The summed E-state index contributed by atoms with van der Waals surface area (Å²) in [6.07, 6.45) is 3.18. The largest absolute Gasteiger partial charge is 0.356 e. The number of rotatable bonds is 0. The summed E-state index contributed by atoms with van der Waals surface area (Å²) in [5.41, 5.74) is 9.71. The van der Waals surface area contributed by atoms with Gasteiger partial charge in [-0.05, 0) is 6.42 Å². The van der Waals surface area contributed by atoms with Crippen LogP contribution in [0.5, 0.6) is 0 Å². The van der Waals surface area contributed by atoms with Crippen LogP contribution in [0, 0.1) is 0 Å². The highest BCUT2D eigenvalue weighted by Crippen LogP contribution is 2.10. The van der Waals surface area contributed by atoms with Crippen molar-refractivity contribution in [2.45, 2.75) is 12.6 Å². The fourth-order valence-electron chi connectivity index (χ4n) is 1.01. The summed E-state index contributed by atoms with van der Waals surface area (Å²) in [5.74, 6) is 0. The topological polar surface area (TPSA) is 45.3 Å². The molecule has 0 saturated carbocycles. The van der Waals surface area contributed by atoms with Gasteiger partial charge in [-0.3, -0.25) is 0 Å². The average molecular weight is 127 g/mol. The van der Waals surface area contributed by atoms with Crippen LogP contribution in [0.1, 0.15) is 6.42 Å². The van der Waals surface area contributed by atoms with E-state index in [1.54, 1.807) is 0 Å². The monoisotopic (exact) mass is 127 g/mol. The van der Waals surface area contributed by atoms with Crippen LogP contribution in [0.4, 0.5) is 0 Å². The number of hydrogen-bond acceptors (Lipinski definition) is 4. The number of hydrogen-bond donors (Lipinski definition) is 3. The number of hydrazine groups is 2. The summed E-state index contributed by atoms with van der Waals surface area (Å²) in [7, 11) is 0.